The lowest BCUT2D eigenvalue weighted by Gasteiger charge is -2.20. The van der Waals surface area contributed by atoms with Crippen LogP contribution in [0, 0.1) is 0 Å². The van der Waals surface area contributed by atoms with E-state index in [-0.39, 0.29) is 0 Å². The fourth-order valence-corrected chi connectivity index (χ4v) is 1.75. The third kappa shape index (κ3) is 9.27. The summed E-state index contributed by atoms with van der Waals surface area (Å²) in [6.45, 7) is 2.59. The number of hydrogen-bond acceptors (Lipinski definition) is 6. The molecule has 0 bridgehead atoms. The van der Waals surface area contributed by atoms with Gasteiger partial charge in [-0.1, -0.05) is 0 Å². The predicted octanol–water partition coefficient (Wildman–Crippen LogP) is -1.50. The summed E-state index contributed by atoms with van der Waals surface area (Å²) in [5, 5.41) is 32.7. The van der Waals surface area contributed by atoms with Crippen molar-refractivity contribution in [2.45, 2.75) is 37.7 Å². The Balaban J connectivity index is 3.92. The van der Waals surface area contributed by atoms with Crippen LogP contribution in [0.5, 0.6) is 0 Å². The molecule has 0 spiro atoms. The van der Waals surface area contributed by atoms with Crippen LogP contribution in [0.25, 0.3) is 0 Å². The van der Waals surface area contributed by atoms with Crippen molar-refractivity contribution >= 4 is 17.8 Å². The number of rotatable bonds is 13. The Kier molecular flexibility index (Phi) is 10.1. The molecule has 0 fully saturated rings. The lowest BCUT2D eigenvalue weighted by molar-refractivity contribution is -0.167. The summed E-state index contributed by atoms with van der Waals surface area (Å²) in [4.78, 5) is 33.0. The quantitative estimate of drug-likeness (QED) is 0.176. The van der Waals surface area contributed by atoms with Gasteiger partial charge in [-0.2, -0.15) is 0 Å². The minimum Gasteiger partial charge on any atom is -0.481 e. The summed E-state index contributed by atoms with van der Waals surface area (Å²) in [6, 6.07) is 0. The smallest absolute Gasteiger partial charge is 0.336 e. The minimum atomic E-state index is -2.58. The summed E-state index contributed by atoms with van der Waals surface area (Å²) in [5.41, 5.74) is 2.76. The molecule has 0 aromatic carbocycles. The van der Waals surface area contributed by atoms with E-state index in [2.05, 4.69) is 10.6 Å². The standard InChI is InChI=1S/C13H25N3O6/c14-4-3-6-15-5-1-2-7-16-10(17)8-13(22,12(20)21)9-11(18)19/h15,22H,1-9,14H2,(H,16,17)(H,18,19)(H,20,21)/t13-/m1/s1/i8+1,10+1. The van der Waals surface area contributed by atoms with Crippen LogP contribution in [0.2, 0.25) is 0 Å². The van der Waals surface area contributed by atoms with Gasteiger partial charge in [-0.3, -0.25) is 9.59 Å². The van der Waals surface area contributed by atoms with Gasteiger partial charge < -0.3 is 31.7 Å². The Labute approximate surface area is 128 Å². The molecule has 128 valence electrons. The van der Waals surface area contributed by atoms with Crippen LogP contribution in [0.3, 0.4) is 0 Å². The van der Waals surface area contributed by atoms with Crippen LogP contribution in [0.1, 0.15) is 32.1 Å². The van der Waals surface area contributed by atoms with Gasteiger partial charge in [0, 0.05) is 6.54 Å². The molecule has 0 rings (SSSR count). The molecule has 9 heteroatoms. The van der Waals surface area contributed by atoms with E-state index in [0.29, 0.717) is 19.5 Å². The summed E-state index contributed by atoms with van der Waals surface area (Å²) in [7, 11) is 0. The van der Waals surface area contributed by atoms with Crippen molar-refractivity contribution < 1.29 is 29.7 Å². The molecular formula is C13H25N3O6. The van der Waals surface area contributed by atoms with Crippen molar-refractivity contribution in [1.29, 1.82) is 0 Å². The number of carboxylic acid groups (broad SMARTS) is 2. The van der Waals surface area contributed by atoms with Gasteiger partial charge in [0.05, 0.1) is 12.8 Å². The number of unbranched alkanes of at least 4 members (excludes halogenated alkanes) is 1. The molecule has 0 saturated heterocycles. The van der Waals surface area contributed by atoms with Crippen molar-refractivity contribution in [3.8, 4) is 0 Å². The molecule has 0 unspecified atom stereocenters. The number of carbonyl (C=O) groups excluding carboxylic acids is 1. The maximum atomic E-state index is 11.6. The summed E-state index contributed by atoms with van der Waals surface area (Å²) < 4.78 is 0. The molecule has 0 aliphatic heterocycles. The van der Waals surface area contributed by atoms with Gasteiger partial charge in [0.15, 0.2) is 5.60 Å². The maximum absolute atomic E-state index is 11.6. The molecule has 1 atom stereocenters. The van der Waals surface area contributed by atoms with Crippen molar-refractivity contribution in [2.24, 2.45) is 5.73 Å². The number of amides is 1. The SMILES string of the molecule is NCCCNCCCCN[13C](=O)[13CH2][C@@](O)(CC(=O)O)C(=O)O. The molecule has 0 aromatic heterocycles. The number of carbonyl (C=O) groups is 3. The second-order valence-electron chi connectivity index (χ2n) is 5.03. The molecule has 0 aromatic rings. The first-order valence-electron chi connectivity index (χ1n) is 7.17. The van der Waals surface area contributed by atoms with E-state index in [1.165, 1.54) is 0 Å². The second kappa shape index (κ2) is 10.9. The van der Waals surface area contributed by atoms with Crippen LogP contribution >= 0.6 is 0 Å². The molecule has 0 aliphatic carbocycles. The zero-order valence-electron chi connectivity index (χ0n) is 12.5. The Morgan fingerprint density at radius 1 is 0.955 bits per heavy atom. The fourth-order valence-electron chi connectivity index (χ4n) is 1.75. The van der Waals surface area contributed by atoms with Gasteiger partial charge in [0.2, 0.25) is 5.91 Å². The number of aliphatic carboxylic acids is 2. The number of nitrogens with one attached hydrogen (secondary N) is 2. The van der Waals surface area contributed by atoms with Gasteiger partial charge in [0.25, 0.3) is 0 Å². The molecular weight excluding hydrogens is 296 g/mol. The lowest BCUT2D eigenvalue weighted by atomic mass is 10.1. The van der Waals surface area contributed by atoms with Crippen LogP contribution in [0.15, 0.2) is 0 Å². The zero-order valence-corrected chi connectivity index (χ0v) is 12.5. The molecule has 0 aliphatic rings. The van der Waals surface area contributed by atoms with E-state index >= 15 is 0 Å². The van der Waals surface area contributed by atoms with Crippen molar-refractivity contribution in [2.75, 3.05) is 26.2 Å². The predicted molar refractivity (Wildman–Crippen MR) is 78.2 cm³/mol. The van der Waals surface area contributed by atoms with E-state index in [1.807, 2.05) is 0 Å². The Morgan fingerprint density at radius 3 is 2.09 bits per heavy atom. The topological polar surface area (TPSA) is 162 Å². The third-order valence-electron chi connectivity index (χ3n) is 2.95. The second-order valence-corrected chi connectivity index (χ2v) is 5.03. The van der Waals surface area contributed by atoms with Gasteiger partial charge >= 0.3 is 11.9 Å². The lowest BCUT2D eigenvalue weighted by Crippen LogP contribution is -2.45. The fraction of sp³-hybridized carbons (Fsp3) is 0.769. The number of aliphatic hydroxyl groups is 1. The van der Waals surface area contributed by atoms with Gasteiger partial charge in [-0.05, 0) is 38.9 Å². The monoisotopic (exact) mass is 321 g/mol. The molecule has 1 amide bonds. The number of carboxylic acids is 2. The zero-order chi connectivity index (χ0) is 17.0. The first-order chi connectivity index (χ1) is 10.3. The van der Waals surface area contributed by atoms with Crippen molar-refractivity contribution in [3.05, 3.63) is 0 Å². The van der Waals surface area contributed by atoms with Crippen LogP contribution in [0.4, 0.5) is 0 Å². The largest absolute Gasteiger partial charge is 0.481 e. The van der Waals surface area contributed by atoms with E-state index < -0.39 is 36.3 Å². The number of nitrogens with two attached hydrogens (primary N) is 1. The average Bonchev–Trinajstić information content (AvgIpc) is 2.40. The van der Waals surface area contributed by atoms with Crippen LogP contribution < -0.4 is 16.4 Å². The van der Waals surface area contributed by atoms with E-state index in [0.717, 1.165) is 25.9 Å². The molecule has 7 N–H and O–H groups in total. The van der Waals surface area contributed by atoms with Gasteiger partial charge in [-0.25, -0.2) is 4.79 Å². The summed E-state index contributed by atoms with van der Waals surface area (Å²) in [5.74, 6) is -3.90. The van der Waals surface area contributed by atoms with Crippen molar-refractivity contribution in [1.82, 2.24) is 10.6 Å². The first-order valence-corrected chi connectivity index (χ1v) is 7.17. The van der Waals surface area contributed by atoms with Crippen molar-refractivity contribution in [3.63, 3.8) is 0 Å². The highest BCUT2D eigenvalue weighted by molar-refractivity contribution is 5.90. The van der Waals surface area contributed by atoms with E-state index in [4.69, 9.17) is 15.9 Å². The highest BCUT2D eigenvalue weighted by Gasteiger charge is 2.40. The first kappa shape index (κ1) is 20.3. The molecule has 9 nitrogen and oxygen atoms in total. The normalized spacial score (nSPS) is 13.4. The molecule has 0 saturated carbocycles. The minimum absolute atomic E-state index is 0.334. The third-order valence-corrected chi connectivity index (χ3v) is 2.95. The van der Waals surface area contributed by atoms with Crippen LogP contribution in [-0.2, 0) is 14.4 Å². The average molecular weight is 321 g/mol. The highest BCUT2D eigenvalue weighted by atomic mass is 16.4. The molecule has 22 heavy (non-hydrogen) atoms. The van der Waals surface area contributed by atoms with E-state index in [1.54, 1.807) is 0 Å². The maximum Gasteiger partial charge on any atom is 0.336 e. The molecule has 0 heterocycles. The van der Waals surface area contributed by atoms with Crippen LogP contribution in [-0.4, -0.2) is 64.9 Å². The Morgan fingerprint density at radius 2 is 1.55 bits per heavy atom. The summed E-state index contributed by atoms with van der Waals surface area (Å²) >= 11 is 0. The highest BCUT2D eigenvalue weighted by Crippen LogP contribution is 2.15. The van der Waals surface area contributed by atoms with Gasteiger partial charge in [-0.15, -0.1) is 0 Å². The molecule has 0 radical (unpaired) electrons. The van der Waals surface area contributed by atoms with E-state index in [9.17, 15) is 19.5 Å². The summed E-state index contributed by atoms with van der Waals surface area (Å²) in [6.07, 6.45) is 0.591. The number of hydrogen-bond donors (Lipinski definition) is 6. The Bertz CT molecular complexity index is 377. The Hall–Kier alpha value is -1.71. The van der Waals surface area contributed by atoms with Gasteiger partial charge in [0.1, 0.15) is 0 Å².